The number of anilines is 1. The first-order valence-corrected chi connectivity index (χ1v) is 11.1. The third-order valence-corrected chi connectivity index (χ3v) is 6.37. The average Bonchev–Trinajstić information content (AvgIpc) is 2.82. The minimum Gasteiger partial charge on any atom is -0.445 e. The highest BCUT2D eigenvalue weighted by Gasteiger charge is 2.30. The van der Waals surface area contributed by atoms with Gasteiger partial charge in [-0.2, -0.15) is 13.2 Å². The summed E-state index contributed by atoms with van der Waals surface area (Å²) < 4.78 is 58.1. The first-order chi connectivity index (χ1) is 15.7. The summed E-state index contributed by atoms with van der Waals surface area (Å²) in [4.78, 5) is 25.6. The molecule has 2 aromatic carbocycles. The van der Waals surface area contributed by atoms with E-state index in [9.17, 15) is 27.0 Å². The maximum Gasteiger partial charge on any atom is 0.416 e. The van der Waals surface area contributed by atoms with Crippen molar-refractivity contribution in [2.24, 2.45) is 0 Å². The number of benzene rings is 2. The van der Waals surface area contributed by atoms with Crippen LogP contribution in [0, 0.1) is 0 Å². The number of carbonyl (C=O) groups is 2. The monoisotopic (exact) mass is 481 g/mol. The number of nitrogens with one attached hydrogen (secondary N) is 1. The van der Waals surface area contributed by atoms with Crippen LogP contribution in [-0.4, -0.2) is 51.6 Å². The second kappa shape index (κ2) is 10.6. The number of piperazine rings is 1. The zero-order valence-corrected chi connectivity index (χ0v) is 18.3. The highest BCUT2D eigenvalue weighted by Crippen LogP contribution is 2.29. The number of amides is 2. The number of hydrogen-bond donors (Lipinski definition) is 1. The van der Waals surface area contributed by atoms with Gasteiger partial charge in [-0.1, -0.05) is 18.7 Å². The largest absolute Gasteiger partial charge is 0.445 e. The van der Waals surface area contributed by atoms with Crippen molar-refractivity contribution < 1.29 is 31.7 Å². The lowest BCUT2D eigenvalue weighted by Crippen LogP contribution is -2.49. The average molecular weight is 481 g/mol. The molecule has 3 rings (SSSR count). The molecule has 0 aliphatic carbocycles. The molecule has 1 fully saturated rings. The van der Waals surface area contributed by atoms with Crippen molar-refractivity contribution in [2.45, 2.75) is 17.7 Å². The molecule has 0 saturated carbocycles. The molecule has 1 saturated heterocycles. The number of hydrogen-bond acceptors (Lipinski definition) is 4. The molecule has 2 aromatic rings. The van der Waals surface area contributed by atoms with Crippen molar-refractivity contribution in [3.8, 4) is 0 Å². The minimum absolute atomic E-state index is 0.241. The minimum atomic E-state index is -4.47. The third-order valence-electron chi connectivity index (χ3n) is 4.86. The lowest BCUT2D eigenvalue weighted by molar-refractivity contribution is -0.137. The van der Waals surface area contributed by atoms with Gasteiger partial charge in [0.1, 0.15) is 17.6 Å². The maximum absolute atomic E-state index is 12.8. The first kappa shape index (κ1) is 24.5. The summed E-state index contributed by atoms with van der Waals surface area (Å²) in [6.45, 7) is 4.30. The summed E-state index contributed by atoms with van der Waals surface area (Å²) in [5.74, 6) is -0.347. The van der Waals surface area contributed by atoms with Crippen LogP contribution in [0.4, 0.5) is 23.7 Å². The molecule has 2 amide bonds. The molecule has 1 unspecified atom stereocenters. The third kappa shape index (κ3) is 6.65. The van der Waals surface area contributed by atoms with Crippen LogP contribution in [0.15, 0.2) is 66.1 Å². The number of alkyl halides is 3. The van der Waals surface area contributed by atoms with Crippen molar-refractivity contribution in [3.63, 3.8) is 0 Å². The molecule has 0 bridgehead atoms. The molecule has 1 atom stereocenters. The normalized spacial score (nSPS) is 15.5. The van der Waals surface area contributed by atoms with E-state index in [4.69, 9.17) is 4.74 Å². The van der Waals surface area contributed by atoms with E-state index in [1.54, 1.807) is 28.6 Å². The number of carbonyl (C=O) groups excluding carboxylic acids is 2. The van der Waals surface area contributed by atoms with E-state index < -0.39 is 28.8 Å². The van der Waals surface area contributed by atoms with Crippen LogP contribution in [0.5, 0.6) is 0 Å². The standard InChI is InChI=1S/C22H22F3N3O4S/c1-2-20(29)26-18-6-8-19(9-7-18)33(31)28-12-10-27(11-13-28)21(30)32-15-16-4-3-5-17(14-16)22(23,24)25/h2-9,14H,1,10-13,15H2,(H,26,29). The predicted molar refractivity (Wildman–Crippen MR) is 116 cm³/mol. The Kier molecular flexibility index (Phi) is 7.88. The van der Waals surface area contributed by atoms with E-state index in [0.29, 0.717) is 23.7 Å². The molecule has 1 aliphatic rings. The number of rotatable bonds is 6. The number of ether oxygens (including phenoxy) is 1. The van der Waals surface area contributed by atoms with Gasteiger partial charge in [0.25, 0.3) is 0 Å². The molecular formula is C22H22F3N3O4S. The van der Waals surface area contributed by atoms with Gasteiger partial charge in [-0.15, -0.1) is 0 Å². The fraction of sp³-hybridized carbons (Fsp3) is 0.273. The number of nitrogens with zero attached hydrogens (tertiary/aromatic N) is 2. The Morgan fingerprint density at radius 2 is 1.76 bits per heavy atom. The Morgan fingerprint density at radius 1 is 1.09 bits per heavy atom. The summed E-state index contributed by atoms with van der Waals surface area (Å²) in [7, 11) is -1.45. The summed E-state index contributed by atoms with van der Waals surface area (Å²) in [5, 5.41) is 2.61. The zero-order valence-electron chi connectivity index (χ0n) is 17.5. The molecule has 33 heavy (non-hydrogen) atoms. The Bertz CT molecular complexity index is 1040. The lowest BCUT2D eigenvalue weighted by Gasteiger charge is -2.33. The van der Waals surface area contributed by atoms with E-state index in [1.165, 1.54) is 17.0 Å². The van der Waals surface area contributed by atoms with Crippen molar-refractivity contribution in [3.05, 3.63) is 72.3 Å². The van der Waals surface area contributed by atoms with Crippen LogP contribution in [0.25, 0.3) is 0 Å². The number of halogens is 3. The SMILES string of the molecule is C=CC(=O)Nc1ccc(S(=O)N2CCN(C(=O)OCc3cccc(C(F)(F)F)c3)CC2)cc1. The van der Waals surface area contributed by atoms with Crippen LogP contribution in [-0.2, 0) is 33.3 Å². The molecule has 0 radical (unpaired) electrons. The molecule has 176 valence electrons. The van der Waals surface area contributed by atoms with Crippen molar-refractivity contribution >= 4 is 28.7 Å². The van der Waals surface area contributed by atoms with Crippen molar-refractivity contribution in [2.75, 3.05) is 31.5 Å². The van der Waals surface area contributed by atoms with Gasteiger partial charge in [0, 0.05) is 31.9 Å². The molecule has 1 aliphatic heterocycles. The maximum atomic E-state index is 12.8. The van der Waals surface area contributed by atoms with Crippen LogP contribution in [0.2, 0.25) is 0 Å². The Morgan fingerprint density at radius 3 is 2.36 bits per heavy atom. The van der Waals surface area contributed by atoms with E-state index in [2.05, 4.69) is 11.9 Å². The predicted octanol–water partition coefficient (Wildman–Crippen LogP) is 3.81. The van der Waals surface area contributed by atoms with Crippen molar-refractivity contribution in [1.29, 1.82) is 0 Å². The molecule has 7 nitrogen and oxygen atoms in total. The first-order valence-electron chi connectivity index (χ1n) is 9.95. The smallest absolute Gasteiger partial charge is 0.416 e. The molecule has 0 aromatic heterocycles. The molecule has 11 heteroatoms. The van der Waals surface area contributed by atoms with E-state index in [1.807, 2.05) is 0 Å². The summed E-state index contributed by atoms with van der Waals surface area (Å²) in [6.07, 6.45) is -3.96. The van der Waals surface area contributed by atoms with Gasteiger partial charge in [-0.05, 0) is 48.0 Å². The van der Waals surface area contributed by atoms with Gasteiger partial charge in [0.15, 0.2) is 0 Å². The summed E-state index contributed by atoms with van der Waals surface area (Å²) in [6, 6.07) is 11.2. The lowest BCUT2D eigenvalue weighted by atomic mass is 10.1. The molecule has 1 N–H and O–H groups in total. The van der Waals surface area contributed by atoms with Crippen molar-refractivity contribution in [1.82, 2.24) is 9.21 Å². The van der Waals surface area contributed by atoms with E-state index in [0.717, 1.165) is 18.2 Å². The van der Waals surface area contributed by atoms with Crippen LogP contribution in [0.3, 0.4) is 0 Å². The van der Waals surface area contributed by atoms with Gasteiger partial charge >= 0.3 is 12.3 Å². The van der Waals surface area contributed by atoms with Gasteiger partial charge in [0.05, 0.1) is 10.5 Å². The Hall–Kier alpha value is -3.18. The summed E-state index contributed by atoms with van der Waals surface area (Å²) >= 11 is 0. The van der Waals surface area contributed by atoms with Gasteiger partial charge in [0.2, 0.25) is 5.91 Å². The van der Waals surface area contributed by atoms with Gasteiger partial charge in [-0.3, -0.25) is 4.79 Å². The van der Waals surface area contributed by atoms with E-state index >= 15 is 0 Å². The zero-order chi connectivity index (χ0) is 24.0. The van der Waals surface area contributed by atoms with Crippen LogP contribution < -0.4 is 5.32 Å². The van der Waals surface area contributed by atoms with E-state index in [-0.39, 0.29) is 31.2 Å². The fourth-order valence-corrected chi connectivity index (χ4v) is 4.27. The quantitative estimate of drug-likeness (QED) is 0.637. The topological polar surface area (TPSA) is 79.0 Å². The van der Waals surface area contributed by atoms with Gasteiger partial charge in [-0.25, -0.2) is 13.3 Å². The van der Waals surface area contributed by atoms with Crippen LogP contribution >= 0.6 is 0 Å². The molecular weight excluding hydrogens is 459 g/mol. The molecule has 0 spiro atoms. The van der Waals surface area contributed by atoms with Crippen LogP contribution in [0.1, 0.15) is 11.1 Å². The highest BCUT2D eigenvalue weighted by atomic mass is 32.2. The second-order valence-electron chi connectivity index (χ2n) is 7.14. The Labute approximate surface area is 191 Å². The second-order valence-corrected chi connectivity index (χ2v) is 8.62. The fourth-order valence-electron chi connectivity index (χ4n) is 3.11. The van der Waals surface area contributed by atoms with Gasteiger partial charge < -0.3 is 15.0 Å². The molecule has 1 heterocycles. The highest BCUT2D eigenvalue weighted by molar-refractivity contribution is 7.82. The Balaban J connectivity index is 1.49. The summed E-state index contributed by atoms with van der Waals surface area (Å²) in [5.41, 5.74) is -0.0112.